The lowest BCUT2D eigenvalue weighted by Crippen LogP contribution is -2.45. The Hall–Kier alpha value is -0.770. The van der Waals surface area contributed by atoms with Gasteiger partial charge in [-0.15, -0.1) is 0 Å². The first kappa shape index (κ1) is 17.1. The van der Waals surface area contributed by atoms with Crippen molar-refractivity contribution < 1.29 is 4.79 Å². The van der Waals surface area contributed by atoms with Gasteiger partial charge in [-0.3, -0.25) is 0 Å². The Morgan fingerprint density at radius 2 is 1.87 bits per heavy atom. The second-order valence-electron chi connectivity index (χ2n) is 8.17. The number of nitrogens with one attached hydrogen (secondary N) is 3. The van der Waals surface area contributed by atoms with Crippen LogP contribution >= 0.6 is 0 Å². The van der Waals surface area contributed by atoms with Crippen LogP contribution in [-0.2, 0) is 0 Å². The first-order chi connectivity index (χ1) is 11.2. The quantitative estimate of drug-likeness (QED) is 0.629. The van der Waals surface area contributed by atoms with Gasteiger partial charge in [-0.1, -0.05) is 25.7 Å². The molecule has 4 unspecified atom stereocenters. The SMILES string of the molecule is CC(NC(=O)NCCCNC1CCCCC1)C1CC2CCC1C2. The van der Waals surface area contributed by atoms with Gasteiger partial charge in [-0.2, -0.15) is 0 Å². The molecule has 4 nitrogen and oxygen atoms in total. The van der Waals surface area contributed by atoms with Crippen molar-refractivity contribution in [3.8, 4) is 0 Å². The highest BCUT2D eigenvalue weighted by atomic mass is 16.2. The molecule has 3 aliphatic carbocycles. The summed E-state index contributed by atoms with van der Waals surface area (Å²) >= 11 is 0. The normalized spacial score (nSPS) is 32.0. The number of hydrogen-bond acceptors (Lipinski definition) is 2. The van der Waals surface area contributed by atoms with Gasteiger partial charge in [0.2, 0.25) is 0 Å². The molecule has 0 aliphatic heterocycles. The third-order valence-electron chi connectivity index (χ3n) is 6.47. The van der Waals surface area contributed by atoms with Crippen molar-refractivity contribution in [3.63, 3.8) is 0 Å². The second-order valence-corrected chi connectivity index (χ2v) is 8.17. The number of fused-ring (bicyclic) bond motifs is 2. The van der Waals surface area contributed by atoms with Gasteiger partial charge >= 0.3 is 6.03 Å². The number of hydrogen-bond donors (Lipinski definition) is 3. The molecule has 0 saturated heterocycles. The van der Waals surface area contributed by atoms with Crippen molar-refractivity contribution >= 4 is 6.03 Å². The molecule has 0 aromatic heterocycles. The zero-order valence-corrected chi connectivity index (χ0v) is 14.8. The predicted octanol–water partition coefficient (Wildman–Crippen LogP) is 3.42. The minimum Gasteiger partial charge on any atom is -0.338 e. The molecule has 0 heterocycles. The average molecular weight is 322 g/mol. The molecule has 23 heavy (non-hydrogen) atoms. The van der Waals surface area contributed by atoms with Crippen molar-refractivity contribution in [1.29, 1.82) is 0 Å². The van der Waals surface area contributed by atoms with E-state index in [2.05, 4.69) is 22.9 Å². The molecular formula is C19H35N3O. The summed E-state index contributed by atoms with van der Waals surface area (Å²) in [5, 5.41) is 9.83. The molecule has 3 N–H and O–H groups in total. The zero-order valence-electron chi connectivity index (χ0n) is 14.8. The van der Waals surface area contributed by atoms with Gasteiger partial charge in [-0.05, 0) is 69.7 Å². The fourth-order valence-electron chi connectivity index (χ4n) is 5.17. The molecule has 0 aromatic carbocycles. The van der Waals surface area contributed by atoms with Crippen LogP contribution in [-0.4, -0.2) is 31.2 Å². The fraction of sp³-hybridized carbons (Fsp3) is 0.947. The van der Waals surface area contributed by atoms with Crippen LogP contribution in [0, 0.1) is 17.8 Å². The van der Waals surface area contributed by atoms with Gasteiger partial charge in [0.05, 0.1) is 0 Å². The molecule has 4 heteroatoms. The Morgan fingerprint density at radius 1 is 1.04 bits per heavy atom. The fourth-order valence-corrected chi connectivity index (χ4v) is 5.17. The van der Waals surface area contributed by atoms with Gasteiger partial charge in [0.25, 0.3) is 0 Å². The van der Waals surface area contributed by atoms with Gasteiger partial charge < -0.3 is 16.0 Å². The van der Waals surface area contributed by atoms with Crippen molar-refractivity contribution in [2.75, 3.05) is 13.1 Å². The molecule has 0 aromatic rings. The molecule has 4 atom stereocenters. The Balaban J connectivity index is 1.23. The Bertz CT molecular complexity index is 381. The first-order valence-corrected chi connectivity index (χ1v) is 10.00. The van der Waals surface area contributed by atoms with Crippen LogP contribution in [0.4, 0.5) is 4.79 Å². The van der Waals surface area contributed by atoms with Crippen molar-refractivity contribution in [2.45, 2.75) is 83.2 Å². The van der Waals surface area contributed by atoms with E-state index in [0.29, 0.717) is 12.0 Å². The maximum Gasteiger partial charge on any atom is 0.315 e. The first-order valence-electron chi connectivity index (χ1n) is 10.00. The molecular weight excluding hydrogens is 286 g/mol. The summed E-state index contributed by atoms with van der Waals surface area (Å²) in [6.45, 7) is 3.98. The van der Waals surface area contributed by atoms with Crippen molar-refractivity contribution in [3.05, 3.63) is 0 Å². The van der Waals surface area contributed by atoms with E-state index in [0.717, 1.165) is 37.4 Å². The summed E-state index contributed by atoms with van der Waals surface area (Å²) in [6, 6.07) is 1.07. The Kier molecular flexibility index (Phi) is 6.21. The summed E-state index contributed by atoms with van der Waals surface area (Å²) in [7, 11) is 0. The zero-order chi connectivity index (χ0) is 16.1. The smallest absolute Gasteiger partial charge is 0.315 e. The molecule has 132 valence electrons. The van der Waals surface area contributed by atoms with Gasteiger partial charge in [0, 0.05) is 18.6 Å². The highest BCUT2D eigenvalue weighted by Gasteiger charge is 2.42. The molecule has 3 fully saturated rings. The number of carbonyl (C=O) groups is 1. The van der Waals surface area contributed by atoms with Crippen LogP contribution in [0.15, 0.2) is 0 Å². The summed E-state index contributed by atoms with van der Waals surface area (Å²) in [5.74, 6) is 2.53. The molecule has 2 amide bonds. The monoisotopic (exact) mass is 321 g/mol. The van der Waals surface area contributed by atoms with Gasteiger partial charge in [-0.25, -0.2) is 4.79 Å². The third-order valence-corrected chi connectivity index (χ3v) is 6.47. The second kappa shape index (κ2) is 8.36. The topological polar surface area (TPSA) is 53.2 Å². The van der Waals surface area contributed by atoms with Crippen LogP contribution in [0.25, 0.3) is 0 Å². The Morgan fingerprint density at radius 3 is 2.57 bits per heavy atom. The predicted molar refractivity (Wildman–Crippen MR) is 94.4 cm³/mol. The minimum absolute atomic E-state index is 0.0259. The molecule has 2 bridgehead atoms. The van der Waals surface area contributed by atoms with E-state index in [1.807, 2.05) is 0 Å². The van der Waals surface area contributed by atoms with E-state index >= 15 is 0 Å². The highest BCUT2D eigenvalue weighted by molar-refractivity contribution is 5.74. The van der Waals surface area contributed by atoms with Crippen LogP contribution in [0.2, 0.25) is 0 Å². The summed E-state index contributed by atoms with van der Waals surface area (Å²) in [4.78, 5) is 12.0. The molecule has 3 aliphatic rings. The molecule has 3 rings (SSSR count). The van der Waals surface area contributed by atoms with E-state index in [9.17, 15) is 4.79 Å². The highest BCUT2D eigenvalue weighted by Crippen LogP contribution is 2.49. The number of carbonyl (C=O) groups excluding carboxylic acids is 1. The largest absolute Gasteiger partial charge is 0.338 e. The van der Waals surface area contributed by atoms with E-state index < -0.39 is 0 Å². The van der Waals surface area contributed by atoms with E-state index in [1.165, 1.54) is 57.8 Å². The summed E-state index contributed by atoms with van der Waals surface area (Å²) < 4.78 is 0. The van der Waals surface area contributed by atoms with Crippen LogP contribution in [0.1, 0.15) is 71.1 Å². The van der Waals surface area contributed by atoms with Crippen LogP contribution in [0.3, 0.4) is 0 Å². The number of rotatable bonds is 7. The lowest BCUT2D eigenvalue weighted by atomic mass is 9.84. The number of amides is 2. The van der Waals surface area contributed by atoms with Crippen molar-refractivity contribution in [2.24, 2.45) is 17.8 Å². The lowest BCUT2D eigenvalue weighted by Gasteiger charge is -2.28. The Labute approximate surface area is 141 Å². The third kappa shape index (κ3) is 4.85. The maximum atomic E-state index is 12.0. The maximum absolute atomic E-state index is 12.0. The van der Waals surface area contributed by atoms with Crippen LogP contribution in [0.5, 0.6) is 0 Å². The number of urea groups is 1. The van der Waals surface area contributed by atoms with Crippen molar-refractivity contribution in [1.82, 2.24) is 16.0 Å². The van der Waals surface area contributed by atoms with E-state index in [4.69, 9.17) is 0 Å². The van der Waals surface area contributed by atoms with E-state index in [-0.39, 0.29) is 6.03 Å². The summed E-state index contributed by atoms with van der Waals surface area (Å²) in [5.41, 5.74) is 0. The summed E-state index contributed by atoms with van der Waals surface area (Å²) in [6.07, 6.45) is 13.4. The van der Waals surface area contributed by atoms with E-state index in [1.54, 1.807) is 0 Å². The molecule has 0 radical (unpaired) electrons. The van der Waals surface area contributed by atoms with Gasteiger partial charge in [0.15, 0.2) is 0 Å². The molecule has 3 saturated carbocycles. The van der Waals surface area contributed by atoms with Crippen LogP contribution < -0.4 is 16.0 Å². The average Bonchev–Trinajstić information content (AvgIpc) is 3.18. The lowest BCUT2D eigenvalue weighted by molar-refractivity contribution is 0.220. The standard InChI is InChI=1S/C19H35N3O/c1-14(18-13-15-8-9-16(18)12-15)22-19(23)21-11-5-10-20-17-6-3-2-4-7-17/h14-18,20H,2-13H2,1H3,(H2,21,22,23). The minimum atomic E-state index is 0.0259. The molecule has 0 spiro atoms. The van der Waals surface area contributed by atoms with Gasteiger partial charge in [0.1, 0.15) is 0 Å².